The van der Waals surface area contributed by atoms with Crippen LogP contribution in [0.25, 0.3) is 21.3 Å². The number of thiazole rings is 1. The Kier molecular flexibility index (Phi) is 7.70. The summed E-state index contributed by atoms with van der Waals surface area (Å²) in [7, 11) is 0. The highest BCUT2D eigenvalue weighted by atomic mass is 32.1. The molecule has 2 aromatic carbocycles. The van der Waals surface area contributed by atoms with Gasteiger partial charge in [-0.25, -0.2) is 4.79 Å². The average molecular weight is 513 g/mol. The summed E-state index contributed by atoms with van der Waals surface area (Å²) in [4.78, 5) is 49.5. The number of rotatable bonds is 8. The van der Waals surface area contributed by atoms with Crippen molar-refractivity contribution in [2.75, 3.05) is 13.2 Å². The van der Waals surface area contributed by atoms with E-state index in [0.717, 1.165) is 49.6 Å². The maximum Gasteiger partial charge on any atom is 0.407 e. The number of piperidine rings is 1. The number of likely N-dealkylation sites (tertiary alicyclic amines) is 1. The molecule has 190 valence electrons. The van der Waals surface area contributed by atoms with Gasteiger partial charge in [-0.2, -0.15) is 0 Å². The van der Waals surface area contributed by atoms with Crippen LogP contribution in [0.3, 0.4) is 0 Å². The van der Waals surface area contributed by atoms with Crippen LogP contribution in [-0.4, -0.2) is 62.8 Å². The molecule has 1 aliphatic heterocycles. The molecule has 2 atom stereocenters. The van der Waals surface area contributed by atoms with Gasteiger partial charge in [0.15, 0.2) is 0 Å². The van der Waals surface area contributed by atoms with Crippen LogP contribution in [0.1, 0.15) is 24.8 Å². The van der Waals surface area contributed by atoms with E-state index < -0.39 is 30.0 Å². The predicted octanol–water partition coefficient (Wildman–Crippen LogP) is 1.77. The second kappa shape index (κ2) is 10.9. The quantitative estimate of drug-likeness (QED) is 0.361. The number of aliphatic hydroxyl groups excluding tert-OH is 1. The lowest BCUT2D eigenvalue weighted by molar-refractivity contribution is -0.131. The van der Waals surface area contributed by atoms with Crippen LogP contribution >= 0.6 is 11.3 Å². The van der Waals surface area contributed by atoms with Crippen molar-refractivity contribution in [3.05, 3.63) is 57.7 Å². The molecular weight excluding hydrogens is 484 g/mol. The highest BCUT2D eigenvalue weighted by molar-refractivity contribution is 7.16. The molecule has 10 nitrogen and oxygen atoms in total. The van der Waals surface area contributed by atoms with E-state index in [1.807, 2.05) is 42.5 Å². The lowest BCUT2D eigenvalue weighted by atomic mass is 9.99. The van der Waals surface area contributed by atoms with Gasteiger partial charge in [-0.3, -0.25) is 23.9 Å². The predicted molar refractivity (Wildman–Crippen MR) is 136 cm³/mol. The Balaban J connectivity index is 1.47. The third-order valence-corrected chi connectivity index (χ3v) is 7.37. The molecule has 3 amide bonds. The molecule has 1 unspecified atom stereocenters. The van der Waals surface area contributed by atoms with Crippen LogP contribution in [0.2, 0.25) is 0 Å². The number of carbonyl (C=O) groups excluding carboxylic acids is 2. The molecule has 36 heavy (non-hydrogen) atoms. The van der Waals surface area contributed by atoms with Crippen LogP contribution in [0, 0.1) is 0 Å². The number of benzene rings is 2. The Morgan fingerprint density at radius 2 is 1.83 bits per heavy atom. The second-order valence-corrected chi connectivity index (χ2v) is 9.77. The third-order valence-electron chi connectivity index (χ3n) is 6.43. The van der Waals surface area contributed by atoms with Crippen LogP contribution in [-0.2, 0) is 22.6 Å². The Hall–Kier alpha value is -3.70. The zero-order valence-corrected chi connectivity index (χ0v) is 20.4. The summed E-state index contributed by atoms with van der Waals surface area (Å²) in [5, 5.41) is 21.2. The van der Waals surface area contributed by atoms with Crippen molar-refractivity contribution in [2.45, 2.75) is 44.3 Å². The van der Waals surface area contributed by atoms with Gasteiger partial charge in [0.25, 0.3) is 0 Å². The molecule has 3 aromatic rings. The van der Waals surface area contributed by atoms with Gasteiger partial charge >= 0.3 is 11.0 Å². The number of nitrogens with one attached hydrogen (secondary N) is 1. The van der Waals surface area contributed by atoms with Crippen LogP contribution in [0.5, 0.6) is 0 Å². The first-order valence-electron chi connectivity index (χ1n) is 11.7. The molecule has 0 radical (unpaired) electrons. The first kappa shape index (κ1) is 25.4. The fraction of sp³-hybridized carbons (Fsp3) is 0.360. The largest absolute Gasteiger partial charge is 0.465 e. The van der Waals surface area contributed by atoms with Gasteiger partial charge in [0.2, 0.25) is 11.8 Å². The number of primary amides is 1. The van der Waals surface area contributed by atoms with Gasteiger partial charge in [0.05, 0.1) is 23.4 Å². The van der Waals surface area contributed by atoms with E-state index in [0.29, 0.717) is 12.8 Å². The monoisotopic (exact) mass is 512 g/mol. The fourth-order valence-corrected chi connectivity index (χ4v) is 5.51. The average Bonchev–Trinajstić information content (AvgIpc) is 3.18. The van der Waals surface area contributed by atoms with Crippen LogP contribution in [0.4, 0.5) is 4.79 Å². The third kappa shape index (κ3) is 5.42. The Labute approximate surface area is 210 Å². The molecule has 5 N–H and O–H groups in total. The highest BCUT2D eigenvalue weighted by Gasteiger charge is 2.33. The van der Waals surface area contributed by atoms with E-state index in [1.54, 1.807) is 4.57 Å². The number of aromatic nitrogens is 1. The lowest BCUT2D eigenvalue weighted by Gasteiger charge is -2.33. The standard InChI is InChI=1S/C25H28N4O6S/c26-22(31)18(27-23(32)20-3-1-2-10-28(20)24(33)34)13-15-4-6-16(7-5-15)17-8-9-19-21(14-17)36-25(35)29(19)11-12-30/h4-9,14,18,20,30H,1-3,10-13H2,(H2,26,31)(H,27,32)(H,33,34)/t18-,20?/m0/s1. The van der Waals surface area contributed by atoms with Gasteiger partial charge in [-0.05, 0) is 48.1 Å². The number of aliphatic hydroxyl groups is 1. The molecule has 0 saturated carbocycles. The topological polar surface area (TPSA) is 155 Å². The molecule has 4 rings (SSSR count). The number of hydrogen-bond donors (Lipinski definition) is 4. The number of nitrogens with two attached hydrogens (primary N) is 1. The normalized spacial score (nSPS) is 16.6. The van der Waals surface area contributed by atoms with E-state index in [-0.39, 0.29) is 31.0 Å². The van der Waals surface area contributed by atoms with Crippen molar-refractivity contribution < 1.29 is 24.6 Å². The van der Waals surface area contributed by atoms with Gasteiger partial charge in [-0.1, -0.05) is 41.7 Å². The number of carboxylic acid groups (broad SMARTS) is 1. The minimum absolute atomic E-state index is 0.111. The maximum absolute atomic E-state index is 12.8. The number of fused-ring (bicyclic) bond motifs is 1. The van der Waals surface area contributed by atoms with E-state index in [1.165, 1.54) is 0 Å². The summed E-state index contributed by atoms with van der Waals surface area (Å²) in [6.07, 6.45) is 0.852. The first-order valence-corrected chi connectivity index (χ1v) is 12.5. The zero-order chi connectivity index (χ0) is 25.8. The van der Waals surface area contributed by atoms with Crippen molar-refractivity contribution >= 4 is 39.5 Å². The van der Waals surface area contributed by atoms with Gasteiger partial charge < -0.3 is 21.3 Å². The van der Waals surface area contributed by atoms with Gasteiger partial charge in [0, 0.05) is 13.0 Å². The number of nitrogens with zero attached hydrogens (tertiary/aromatic N) is 2. The fourth-order valence-electron chi connectivity index (χ4n) is 4.55. The van der Waals surface area contributed by atoms with Crippen molar-refractivity contribution in [1.82, 2.24) is 14.8 Å². The minimum Gasteiger partial charge on any atom is -0.465 e. The minimum atomic E-state index is -1.16. The zero-order valence-electron chi connectivity index (χ0n) is 19.6. The lowest BCUT2D eigenvalue weighted by Crippen LogP contribution is -2.56. The van der Waals surface area contributed by atoms with Gasteiger partial charge in [-0.15, -0.1) is 0 Å². The second-order valence-electron chi connectivity index (χ2n) is 8.78. The molecule has 1 aliphatic rings. The summed E-state index contributed by atoms with van der Waals surface area (Å²) < 4.78 is 2.37. The van der Waals surface area contributed by atoms with Crippen molar-refractivity contribution in [1.29, 1.82) is 0 Å². The van der Waals surface area contributed by atoms with E-state index >= 15 is 0 Å². The molecule has 0 aliphatic carbocycles. The summed E-state index contributed by atoms with van der Waals surface area (Å²) >= 11 is 1.13. The first-order chi connectivity index (χ1) is 17.3. The SMILES string of the molecule is NC(=O)[C@H](Cc1ccc(-c2ccc3c(c2)sc(=O)n3CCO)cc1)NC(=O)C1CCCCN1C(=O)O. The number of hydrogen-bond acceptors (Lipinski definition) is 6. The number of carbonyl (C=O) groups is 3. The molecule has 1 saturated heterocycles. The Morgan fingerprint density at radius 3 is 2.50 bits per heavy atom. The summed E-state index contributed by atoms with van der Waals surface area (Å²) in [6, 6.07) is 11.3. The Bertz CT molecular complexity index is 1330. The molecule has 1 fully saturated rings. The van der Waals surface area contributed by atoms with Crippen molar-refractivity contribution in [3.63, 3.8) is 0 Å². The summed E-state index contributed by atoms with van der Waals surface area (Å²) in [6.45, 7) is 0.421. The van der Waals surface area contributed by atoms with E-state index in [2.05, 4.69) is 5.32 Å². The highest BCUT2D eigenvalue weighted by Crippen LogP contribution is 2.27. The smallest absolute Gasteiger partial charge is 0.407 e. The number of amides is 3. The van der Waals surface area contributed by atoms with E-state index in [4.69, 9.17) is 5.73 Å². The molecule has 2 heterocycles. The summed E-state index contributed by atoms with van der Waals surface area (Å²) in [5.74, 6) is -1.21. The maximum atomic E-state index is 12.8. The summed E-state index contributed by atoms with van der Waals surface area (Å²) in [5.41, 5.74) is 8.92. The van der Waals surface area contributed by atoms with Crippen molar-refractivity contribution in [3.8, 4) is 11.1 Å². The van der Waals surface area contributed by atoms with Gasteiger partial charge in [0.1, 0.15) is 12.1 Å². The van der Waals surface area contributed by atoms with E-state index in [9.17, 15) is 29.4 Å². The van der Waals surface area contributed by atoms with Crippen molar-refractivity contribution in [2.24, 2.45) is 5.73 Å². The molecule has 1 aromatic heterocycles. The van der Waals surface area contributed by atoms with Crippen LogP contribution < -0.4 is 15.9 Å². The molecule has 11 heteroatoms. The molecule has 0 bridgehead atoms. The Morgan fingerprint density at radius 1 is 1.11 bits per heavy atom. The molecule has 0 spiro atoms. The van der Waals surface area contributed by atoms with Crippen LogP contribution in [0.15, 0.2) is 47.3 Å². The molecular formula is C25H28N4O6S.